The van der Waals surface area contributed by atoms with E-state index in [1.165, 1.54) is 4.90 Å². The Morgan fingerprint density at radius 3 is 2.69 bits per heavy atom. The smallest absolute Gasteiger partial charge is 0.250 e. The summed E-state index contributed by atoms with van der Waals surface area (Å²) in [7, 11) is 1.57. The summed E-state index contributed by atoms with van der Waals surface area (Å²) >= 11 is 0. The van der Waals surface area contributed by atoms with E-state index in [2.05, 4.69) is 10.6 Å². The molecule has 1 aromatic rings. The second kappa shape index (κ2) is 7.19. The van der Waals surface area contributed by atoms with E-state index in [9.17, 15) is 19.5 Å². The number of aryl methyl sites for hydroxylation is 1. The molecule has 5 atom stereocenters. The van der Waals surface area contributed by atoms with Gasteiger partial charge in [0.25, 0.3) is 0 Å². The van der Waals surface area contributed by atoms with Gasteiger partial charge in [-0.15, -0.1) is 0 Å². The molecule has 8 nitrogen and oxygen atoms in total. The number of para-hydroxylation sites is 1. The maximum Gasteiger partial charge on any atom is 0.250 e. The highest BCUT2D eigenvalue weighted by atomic mass is 16.5. The first-order valence-electron chi connectivity index (χ1n) is 10.1. The van der Waals surface area contributed by atoms with Gasteiger partial charge in [0.05, 0.1) is 17.9 Å². The first kappa shape index (κ1) is 20.0. The van der Waals surface area contributed by atoms with Gasteiger partial charge in [-0.3, -0.25) is 24.6 Å². The van der Waals surface area contributed by atoms with Crippen molar-refractivity contribution in [3.05, 3.63) is 29.3 Å². The van der Waals surface area contributed by atoms with Crippen molar-refractivity contribution in [2.24, 2.45) is 11.8 Å². The number of aliphatic hydroxyl groups is 1. The van der Waals surface area contributed by atoms with Crippen LogP contribution in [-0.2, 0) is 31.1 Å². The number of imide groups is 1. The van der Waals surface area contributed by atoms with E-state index in [1.807, 2.05) is 25.1 Å². The van der Waals surface area contributed by atoms with Gasteiger partial charge in [-0.05, 0) is 25.3 Å². The maximum atomic E-state index is 13.4. The summed E-state index contributed by atoms with van der Waals surface area (Å²) in [6, 6.07) is 4.94. The van der Waals surface area contributed by atoms with Crippen molar-refractivity contribution < 1.29 is 24.2 Å². The number of hydrogen-bond acceptors (Lipinski definition) is 6. The molecule has 0 bridgehead atoms. The Kier molecular flexibility index (Phi) is 4.96. The third kappa shape index (κ3) is 2.66. The molecular formula is C21H27N3O5. The molecule has 3 N–H and O–H groups in total. The first-order chi connectivity index (χ1) is 13.9. The lowest BCUT2D eigenvalue weighted by atomic mass is 9.76. The molecule has 0 saturated carbocycles. The number of likely N-dealkylation sites (tertiary alicyclic amines) is 1. The molecule has 29 heavy (non-hydrogen) atoms. The summed E-state index contributed by atoms with van der Waals surface area (Å²) in [5.74, 6) is -2.71. The Labute approximate surface area is 169 Å². The minimum absolute atomic E-state index is 0.241. The zero-order valence-electron chi connectivity index (χ0n) is 16.9. The molecule has 1 spiro atoms. The fourth-order valence-corrected chi connectivity index (χ4v) is 5.18. The molecule has 1 aromatic carbocycles. The Morgan fingerprint density at radius 2 is 2.03 bits per heavy atom. The average molecular weight is 401 g/mol. The third-order valence-corrected chi connectivity index (χ3v) is 6.49. The zero-order valence-corrected chi connectivity index (χ0v) is 16.9. The van der Waals surface area contributed by atoms with Crippen LogP contribution in [0.25, 0.3) is 0 Å². The van der Waals surface area contributed by atoms with Crippen LogP contribution in [0.2, 0.25) is 0 Å². The van der Waals surface area contributed by atoms with E-state index in [4.69, 9.17) is 4.74 Å². The van der Waals surface area contributed by atoms with Crippen LogP contribution in [0, 0.1) is 11.8 Å². The van der Waals surface area contributed by atoms with Crippen molar-refractivity contribution in [1.29, 1.82) is 0 Å². The van der Waals surface area contributed by atoms with Gasteiger partial charge in [0.1, 0.15) is 5.54 Å². The lowest BCUT2D eigenvalue weighted by Crippen LogP contribution is -2.54. The highest BCUT2D eigenvalue weighted by Gasteiger charge is 2.71. The van der Waals surface area contributed by atoms with Crippen LogP contribution < -0.4 is 10.6 Å². The quantitative estimate of drug-likeness (QED) is 0.470. The molecule has 3 aliphatic rings. The van der Waals surface area contributed by atoms with E-state index in [0.717, 1.165) is 12.0 Å². The number of amides is 3. The van der Waals surface area contributed by atoms with Crippen molar-refractivity contribution >= 4 is 23.4 Å². The van der Waals surface area contributed by atoms with Crippen LogP contribution in [0.1, 0.15) is 31.4 Å². The number of hydrogen-bond donors (Lipinski definition) is 3. The van der Waals surface area contributed by atoms with E-state index < -0.39 is 29.5 Å². The molecule has 3 amide bonds. The highest BCUT2D eigenvalue weighted by Crippen LogP contribution is 2.53. The van der Waals surface area contributed by atoms with Gasteiger partial charge in [-0.25, -0.2) is 0 Å². The fraction of sp³-hybridized carbons (Fsp3) is 0.571. The third-order valence-electron chi connectivity index (χ3n) is 6.49. The first-order valence-corrected chi connectivity index (χ1v) is 10.1. The molecule has 8 heteroatoms. The van der Waals surface area contributed by atoms with Gasteiger partial charge in [0.2, 0.25) is 17.7 Å². The van der Waals surface area contributed by atoms with E-state index in [1.54, 1.807) is 14.0 Å². The molecule has 2 fully saturated rings. The minimum Gasteiger partial charge on any atom is -0.392 e. The summed E-state index contributed by atoms with van der Waals surface area (Å²) in [6.07, 6.45) is 0.350. The van der Waals surface area contributed by atoms with Crippen molar-refractivity contribution in [3.8, 4) is 0 Å². The summed E-state index contributed by atoms with van der Waals surface area (Å²) < 4.78 is 5.04. The Hall–Kier alpha value is -2.29. The number of nitrogens with zero attached hydrogens (tertiary/aromatic N) is 1. The predicted octanol–water partition coefficient (Wildman–Crippen LogP) is 0.387. The van der Waals surface area contributed by atoms with Crippen LogP contribution >= 0.6 is 0 Å². The van der Waals surface area contributed by atoms with Crippen LogP contribution in [0.15, 0.2) is 18.2 Å². The number of fused-ring (bicyclic) bond motifs is 4. The number of nitrogens with one attached hydrogen (secondary N) is 2. The number of aliphatic hydroxyl groups excluding tert-OH is 1. The highest BCUT2D eigenvalue weighted by molar-refractivity contribution is 6.15. The second-order valence-electron chi connectivity index (χ2n) is 8.04. The minimum atomic E-state index is -1.35. The SMILES string of the molecule is CCc1cccc2c1NC(=O)[C@]21N[C@@H]([C@H](C)O)[C@H]2C(=O)N(CCCOC)C(=O)[C@H]21. The standard InChI is InChI=1S/C21H27N3O5/c1-4-12-7-5-8-13-17(12)22-20(28)21(13)15-14(16(23-21)11(2)25)18(26)24(19(15)27)9-6-10-29-3/h5,7-8,11,14-16,23,25H,4,6,9-10H2,1-3H3,(H,22,28)/t11-,14-,15-,16-,21-/m0/s1. The molecule has 2 saturated heterocycles. The van der Waals surface area contributed by atoms with Crippen LogP contribution in [0.4, 0.5) is 5.69 Å². The largest absolute Gasteiger partial charge is 0.392 e. The number of anilines is 1. The van der Waals surface area contributed by atoms with Crippen molar-refractivity contribution in [3.63, 3.8) is 0 Å². The summed E-state index contributed by atoms with van der Waals surface area (Å²) in [6.45, 7) is 4.25. The van der Waals surface area contributed by atoms with Crippen LogP contribution in [0.5, 0.6) is 0 Å². The molecule has 3 aliphatic heterocycles. The average Bonchev–Trinajstić information content (AvgIpc) is 3.28. The van der Waals surface area contributed by atoms with Gasteiger partial charge < -0.3 is 15.2 Å². The van der Waals surface area contributed by atoms with Crippen LogP contribution in [0.3, 0.4) is 0 Å². The van der Waals surface area contributed by atoms with Gasteiger partial charge in [0.15, 0.2) is 0 Å². The number of rotatable bonds is 6. The predicted molar refractivity (Wildman–Crippen MR) is 105 cm³/mol. The van der Waals surface area contributed by atoms with Gasteiger partial charge in [-0.2, -0.15) is 0 Å². The Bertz CT molecular complexity index is 870. The van der Waals surface area contributed by atoms with E-state index in [-0.39, 0.29) is 24.3 Å². The molecule has 156 valence electrons. The number of methoxy groups -OCH3 is 1. The Balaban J connectivity index is 1.82. The normalized spacial score (nSPS) is 31.4. The van der Waals surface area contributed by atoms with Gasteiger partial charge in [0, 0.05) is 37.6 Å². The zero-order chi connectivity index (χ0) is 20.9. The maximum absolute atomic E-state index is 13.4. The number of ether oxygens (including phenoxy) is 1. The fourth-order valence-electron chi connectivity index (χ4n) is 5.18. The monoisotopic (exact) mass is 401 g/mol. The lowest BCUT2D eigenvalue weighted by Gasteiger charge is -2.30. The van der Waals surface area contributed by atoms with Crippen LogP contribution in [-0.4, -0.2) is 60.1 Å². The number of carbonyl (C=O) groups is 3. The molecule has 4 rings (SSSR count). The molecule has 0 radical (unpaired) electrons. The molecule has 0 unspecified atom stereocenters. The lowest BCUT2D eigenvalue weighted by molar-refractivity contribution is -0.143. The van der Waals surface area contributed by atoms with Gasteiger partial charge >= 0.3 is 0 Å². The van der Waals surface area contributed by atoms with Crippen molar-refractivity contribution in [1.82, 2.24) is 10.2 Å². The summed E-state index contributed by atoms with van der Waals surface area (Å²) in [4.78, 5) is 41.1. The molecule has 3 heterocycles. The molecule has 0 aliphatic carbocycles. The van der Waals surface area contributed by atoms with E-state index >= 15 is 0 Å². The number of carbonyl (C=O) groups excluding carboxylic acids is 3. The van der Waals surface area contributed by atoms with Crippen molar-refractivity contribution in [2.45, 2.75) is 44.4 Å². The summed E-state index contributed by atoms with van der Waals surface area (Å²) in [5, 5.41) is 16.5. The molecule has 0 aromatic heterocycles. The van der Waals surface area contributed by atoms with Crippen molar-refractivity contribution in [2.75, 3.05) is 25.6 Å². The molecular weight excluding hydrogens is 374 g/mol. The van der Waals surface area contributed by atoms with E-state index in [0.29, 0.717) is 24.3 Å². The van der Waals surface area contributed by atoms with Gasteiger partial charge in [-0.1, -0.05) is 25.1 Å². The number of benzene rings is 1. The second-order valence-corrected chi connectivity index (χ2v) is 8.04. The Morgan fingerprint density at radius 1 is 1.28 bits per heavy atom. The summed E-state index contributed by atoms with van der Waals surface area (Å²) in [5.41, 5.74) is 1.01. The topological polar surface area (TPSA) is 108 Å².